The third-order valence-corrected chi connectivity index (χ3v) is 21.2. The van der Waals surface area contributed by atoms with Crippen molar-refractivity contribution in [1.82, 2.24) is 0 Å². The van der Waals surface area contributed by atoms with Crippen LogP contribution in [0.1, 0.15) is 484 Å². The first-order valence-electron chi connectivity index (χ1n) is 48.0. The van der Waals surface area contributed by atoms with Crippen molar-refractivity contribution in [3.63, 3.8) is 0 Å². The van der Waals surface area contributed by atoms with Crippen LogP contribution in [0, 0.1) is 0 Å². The van der Waals surface area contributed by atoms with Gasteiger partial charge >= 0.3 is 29.8 Å². The molecule has 0 bridgehead atoms. The normalized spacial score (nSPS) is 12.7. The first kappa shape index (κ1) is 107. The van der Waals surface area contributed by atoms with Crippen molar-refractivity contribution < 1.29 is 57.1 Å². The van der Waals surface area contributed by atoms with Crippen LogP contribution in [0.2, 0.25) is 0 Å². The van der Waals surface area contributed by atoms with Gasteiger partial charge in [0.2, 0.25) is 0 Å². The lowest BCUT2D eigenvalue weighted by molar-refractivity contribution is -0.169. The molecule has 0 saturated carbocycles. The summed E-state index contributed by atoms with van der Waals surface area (Å²) < 4.78 is 42.3. The molecule has 111 heavy (non-hydrogen) atoms. The van der Waals surface area contributed by atoms with Gasteiger partial charge in [-0.15, -0.1) is 0 Å². The van der Waals surface area contributed by atoms with Gasteiger partial charge in [-0.1, -0.05) is 352 Å². The highest BCUT2D eigenvalue weighted by molar-refractivity contribution is 5.71. The zero-order chi connectivity index (χ0) is 80.4. The van der Waals surface area contributed by atoms with Crippen LogP contribution in [-0.4, -0.2) is 87.8 Å². The van der Waals surface area contributed by atoms with Crippen LogP contribution in [0.25, 0.3) is 0 Å². The van der Waals surface area contributed by atoms with Crippen molar-refractivity contribution in [3.05, 3.63) is 60.8 Å². The summed E-state index contributed by atoms with van der Waals surface area (Å²) in [6.07, 6.45) is 97.6. The molecule has 12 heteroatoms. The van der Waals surface area contributed by atoms with E-state index in [-0.39, 0.29) is 102 Å². The Bertz CT molecular complexity index is 2010. The van der Waals surface area contributed by atoms with E-state index in [2.05, 4.69) is 95.4 Å². The largest absolute Gasteiger partial charge is 0.462 e. The molecule has 648 valence electrons. The molecule has 0 rings (SSSR count). The Hall–Kier alpha value is -4.03. The van der Waals surface area contributed by atoms with E-state index in [0.29, 0.717) is 19.3 Å². The highest BCUT2D eigenvalue weighted by atomic mass is 16.6. The molecular weight excluding hydrogens is 1380 g/mol. The van der Waals surface area contributed by atoms with Gasteiger partial charge in [0.15, 0.2) is 12.2 Å². The number of allylic oxidation sites excluding steroid dienone is 10. The first-order chi connectivity index (χ1) is 54.7. The van der Waals surface area contributed by atoms with Gasteiger partial charge in [0.25, 0.3) is 0 Å². The Balaban J connectivity index is 6.09. The van der Waals surface area contributed by atoms with E-state index in [1.807, 2.05) is 0 Å². The average molecular weight is 1560 g/mol. The molecule has 0 aromatic rings. The third-order valence-electron chi connectivity index (χ3n) is 21.2. The number of rotatable bonds is 90. The quantitative estimate of drug-likeness (QED) is 0.0247. The molecule has 0 spiro atoms. The number of unbranched alkanes of at least 4 members (excludes halogenated alkanes) is 55. The van der Waals surface area contributed by atoms with Crippen molar-refractivity contribution in [3.8, 4) is 0 Å². The fraction of sp³-hybridized carbons (Fsp3) is 0.848. The number of esters is 5. The summed E-state index contributed by atoms with van der Waals surface area (Å²) in [5, 5.41) is 0. The Kier molecular flexibility index (Phi) is 88.2. The predicted molar refractivity (Wildman–Crippen MR) is 470 cm³/mol. The maximum absolute atomic E-state index is 13.7. The maximum atomic E-state index is 13.7. The summed E-state index contributed by atoms with van der Waals surface area (Å²) in [6, 6.07) is 0. The second kappa shape index (κ2) is 91.5. The first-order valence-corrected chi connectivity index (χ1v) is 48.0. The van der Waals surface area contributed by atoms with E-state index in [9.17, 15) is 24.0 Å². The number of hydrogen-bond acceptors (Lipinski definition) is 12. The van der Waals surface area contributed by atoms with Crippen molar-refractivity contribution in [2.24, 2.45) is 0 Å². The lowest BCUT2D eigenvalue weighted by Gasteiger charge is -2.23. The van der Waals surface area contributed by atoms with E-state index in [1.165, 1.54) is 205 Å². The van der Waals surface area contributed by atoms with Crippen LogP contribution in [0.15, 0.2) is 60.8 Å². The van der Waals surface area contributed by atoms with Gasteiger partial charge in [-0.05, 0) is 161 Å². The van der Waals surface area contributed by atoms with Crippen molar-refractivity contribution >= 4 is 29.8 Å². The standard InChI is InChI=1S/C99H180O12/c1-6-11-16-21-26-31-36-41-46-51-56-61-66-71-76-81-95(100)107-90-93(110-98(103)84-79-74-69-64-59-54-49-44-39-34-29-24-19-14-9-4)88-105-86-92(109-97(102)83-78-73-68-63-58-53-48-43-38-33-28-23-18-13-8-3)87-106-89-94(111-99(104)85-80-75-70-65-60-55-50-45-40-35-30-25-20-15-10-5)91-108-96(101)82-77-72-67-62-57-52-47-42-37-32-27-22-17-12-7-2/h41-50,92-94H,6-40,51-91H2,1-5H3/b46-41-,47-42-,48-43-,49-44-,50-45-. The fourth-order valence-corrected chi connectivity index (χ4v) is 14.0. The van der Waals surface area contributed by atoms with Gasteiger partial charge in [-0.25, -0.2) is 0 Å². The van der Waals surface area contributed by atoms with Gasteiger partial charge < -0.3 is 33.2 Å². The summed E-state index contributed by atoms with van der Waals surface area (Å²) in [4.78, 5) is 67.2. The number of carbonyl (C=O) groups excluding carboxylic acids is 5. The lowest BCUT2D eigenvalue weighted by atomic mass is 10.1. The molecule has 0 N–H and O–H groups in total. The van der Waals surface area contributed by atoms with Crippen LogP contribution in [0.4, 0.5) is 0 Å². The van der Waals surface area contributed by atoms with Crippen LogP contribution < -0.4 is 0 Å². The molecular formula is C99H180O12. The van der Waals surface area contributed by atoms with Crippen LogP contribution in [0.3, 0.4) is 0 Å². The van der Waals surface area contributed by atoms with E-state index in [0.717, 1.165) is 193 Å². The summed E-state index contributed by atoms with van der Waals surface area (Å²) in [7, 11) is 0. The smallest absolute Gasteiger partial charge is 0.306 e. The molecule has 0 heterocycles. The lowest BCUT2D eigenvalue weighted by Crippen LogP contribution is -2.35. The minimum atomic E-state index is -0.876. The monoisotopic (exact) mass is 1560 g/mol. The zero-order valence-corrected chi connectivity index (χ0v) is 73.6. The van der Waals surface area contributed by atoms with Crippen molar-refractivity contribution in [2.75, 3.05) is 39.6 Å². The summed E-state index contributed by atoms with van der Waals surface area (Å²) in [6.45, 7) is 10.6. The van der Waals surface area contributed by atoms with Gasteiger partial charge in [-0.3, -0.25) is 24.0 Å². The third kappa shape index (κ3) is 86.7. The minimum Gasteiger partial charge on any atom is -0.462 e. The molecule has 0 saturated heterocycles. The highest BCUT2D eigenvalue weighted by Crippen LogP contribution is 2.19. The van der Waals surface area contributed by atoms with E-state index in [1.54, 1.807) is 0 Å². The Morgan fingerprint density at radius 1 is 0.180 bits per heavy atom. The Morgan fingerprint density at radius 2 is 0.324 bits per heavy atom. The molecule has 2 atom stereocenters. The van der Waals surface area contributed by atoms with Crippen molar-refractivity contribution in [1.29, 1.82) is 0 Å². The van der Waals surface area contributed by atoms with Gasteiger partial charge in [0.05, 0.1) is 26.4 Å². The molecule has 0 amide bonds. The second-order valence-corrected chi connectivity index (χ2v) is 32.4. The molecule has 12 nitrogen and oxygen atoms in total. The van der Waals surface area contributed by atoms with Gasteiger partial charge in [0, 0.05) is 32.1 Å². The molecule has 0 aliphatic heterocycles. The molecule has 0 aliphatic rings. The Labute approximate surface area is 686 Å². The summed E-state index contributed by atoms with van der Waals surface area (Å²) in [5.41, 5.74) is 0. The SMILES string of the molecule is CCCCCCCC/C=C\CCCCCCCC(=O)OCC(COCC(COCC(COC(=O)CCCCCCC/C=C\CCCCCCCC)OC(=O)CCCCCCC/C=C\CCCCCCCC)OC(=O)CCCCCCC/C=C\CCCCCCCC)OC(=O)CCCCCCC/C=C\CCCCCCCC. The van der Waals surface area contributed by atoms with Crippen LogP contribution >= 0.6 is 0 Å². The number of carbonyl (C=O) groups is 5. The predicted octanol–water partition coefficient (Wildman–Crippen LogP) is 30.0. The Morgan fingerprint density at radius 3 is 0.505 bits per heavy atom. The van der Waals surface area contributed by atoms with Gasteiger partial charge in [-0.2, -0.15) is 0 Å². The highest BCUT2D eigenvalue weighted by Gasteiger charge is 2.24. The molecule has 0 aromatic carbocycles. The fourth-order valence-electron chi connectivity index (χ4n) is 14.0. The number of hydrogen-bond donors (Lipinski definition) is 0. The van der Waals surface area contributed by atoms with Crippen LogP contribution in [0.5, 0.6) is 0 Å². The maximum Gasteiger partial charge on any atom is 0.306 e. The minimum absolute atomic E-state index is 0.0891. The van der Waals surface area contributed by atoms with Gasteiger partial charge in [0.1, 0.15) is 19.3 Å². The average Bonchev–Trinajstić information content (AvgIpc) is 0.935. The second-order valence-electron chi connectivity index (χ2n) is 32.4. The summed E-state index contributed by atoms with van der Waals surface area (Å²) in [5.74, 6) is -1.78. The zero-order valence-electron chi connectivity index (χ0n) is 73.6. The van der Waals surface area contributed by atoms with Crippen LogP contribution in [-0.2, 0) is 57.1 Å². The van der Waals surface area contributed by atoms with E-state index >= 15 is 0 Å². The summed E-state index contributed by atoms with van der Waals surface area (Å²) >= 11 is 0. The molecule has 2 unspecified atom stereocenters. The number of ether oxygens (including phenoxy) is 7. The molecule has 0 aromatic heterocycles. The molecule has 0 radical (unpaired) electrons. The molecule has 0 aliphatic carbocycles. The van der Waals surface area contributed by atoms with Crippen molar-refractivity contribution in [2.45, 2.75) is 502 Å². The topological polar surface area (TPSA) is 150 Å². The molecule has 0 fully saturated rings. The van der Waals surface area contributed by atoms with E-state index < -0.39 is 18.3 Å². The van der Waals surface area contributed by atoms with E-state index in [4.69, 9.17) is 33.2 Å².